The Labute approximate surface area is 156 Å². The third-order valence-corrected chi connectivity index (χ3v) is 5.08. The van der Waals surface area contributed by atoms with Crippen LogP contribution in [0.1, 0.15) is 11.1 Å². The van der Waals surface area contributed by atoms with Crippen molar-refractivity contribution in [3.63, 3.8) is 0 Å². The summed E-state index contributed by atoms with van der Waals surface area (Å²) < 4.78 is 1.49. The molecule has 0 amide bonds. The van der Waals surface area contributed by atoms with Gasteiger partial charge < -0.3 is 10.2 Å². The van der Waals surface area contributed by atoms with Gasteiger partial charge in [-0.2, -0.15) is 0 Å². The lowest BCUT2D eigenvalue weighted by atomic mass is 9.95. The van der Waals surface area contributed by atoms with Gasteiger partial charge >= 0.3 is 11.9 Å². The highest BCUT2D eigenvalue weighted by Gasteiger charge is 2.22. The number of carbonyl (C=O) groups is 2. The van der Waals surface area contributed by atoms with Crippen molar-refractivity contribution in [2.24, 2.45) is 0 Å². The molecule has 2 aromatic rings. The first-order chi connectivity index (χ1) is 11.4. The van der Waals surface area contributed by atoms with Gasteiger partial charge in [-0.15, -0.1) is 0 Å². The molecule has 24 heavy (non-hydrogen) atoms. The normalized spacial score (nSPS) is 11.8. The summed E-state index contributed by atoms with van der Waals surface area (Å²) in [5.74, 6) is -2.45. The average Bonchev–Trinajstić information content (AvgIpc) is 2.53. The van der Waals surface area contributed by atoms with Gasteiger partial charge in [-0.25, -0.2) is 9.59 Å². The van der Waals surface area contributed by atoms with Crippen molar-refractivity contribution >= 4 is 43.8 Å². The molecule has 0 radical (unpaired) electrons. The molecule has 0 atom stereocenters. The second-order valence-electron chi connectivity index (χ2n) is 5.10. The first-order valence-corrected chi connectivity index (χ1v) is 8.64. The third kappa shape index (κ3) is 4.55. The highest BCUT2D eigenvalue weighted by atomic mass is 79.9. The van der Waals surface area contributed by atoms with E-state index in [9.17, 15) is 19.8 Å². The van der Waals surface area contributed by atoms with Crippen molar-refractivity contribution in [1.82, 2.24) is 0 Å². The minimum absolute atomic E-state index is 0.0306. The fraction of sp³-hybridized carbons (Fsp3) is 0.111. The smallest absolute Gasteiger partial charge is 0.332 e. The van der Waals surface area contributed by atoms with Crippen LogP contribution in [0.3, 0.4) is 0 Å². The number of carboxylic acid groups (broad SMARTS) is 2. The first kappa shape index (κ1) is 18.4. The summed E-state index contributed by atoms with van der Waals surface area (Å²) in [5.41, 5.74) is 1.21. The number of rotatable bonds is 6. The van der Waals surface area contributed by atoms with E-state index < -0.39 is 11.9 Å². The van der Waals surface area contributed by atoms with Crippen LogP contribution in [0.2, 0.25) is 0 Å². The van der Waals surface area contributed by atoms with Crippen molar-refractivity contribution in [2.75, 3.05) is 0 Å². The Morgan fingerprint density at radius 1 is 0.708 bits per heavy atom. The quantitative estimate of drug-likeness (QED) is 0.633. The molecule has 0 unspecified atom stereocenters. The van der Waals surface area contributed by atoms with Crippen molar-refractivity contribution in [3.05, 3.63) is 79.7 Å². The minimum atomic E-state index is -1.23. The zero-order chi connectivity index (χ0) is 17.7. The van der Waals surface area contributed by atoms with Crippen molar-refractivity contribution < 1.29 is 19.8 Å². The monoisotopic (exact) mass is 452 g/mol. The topological polar surface area (TPSA) is 74.6 Å². The van der Waals surface area contributed by atoms with Crippen LogP contribution in [0.15, 0.2) is 68.6 Å². The summed E-state index contributed by atoms with van der Waals surface area (Å²) in [6.45, 7) is 0. The lowest BCUT2D eigenvalue weighted by Crippen LogP contribution is -2.15. The molecule has 2 rings (SSSR count). The van der Waals surface area contributed by atoms with E-state index >= 15 is 0 Å². The van der Waals surface area contributed by atoms with Crippen LogP contribution in [-0.4, -0.2) is 22.2 Å². The van der Waals surface area contributed by atoms with Crippen molar-refractivity contribution in [3.8, 4) is 0 Å². The predicted octanol–water partition coefficient (Wildman–Crippen LogP) is 4.46. The van der Waals surface area contributed by atoms with Gasteiger partial charge in [0.05, 0.1) is 11.1 Å². The van der Waals surface area contributed by atoms with E-state index in [2.05, 4.69) is 31.9 Å². The Bertz CT molecular complexity index is 745. The molecule has 0 heterocycles. The van der Waals surface area contributed by atoms with Crippen LogP contribution < -0.4 is 0 Å². The maximum Gasteiger partial charge on any atom is 0.332 e. The van der Waals surface area contributed by atoms with Crippen LogP contribution in [0.5, 0.6) is 0 Å². The summed E-state index contributed by atoms with van der Waals surface area (Å²) in [7, 11) is 0. The molecule has 4 nitrogen and oxygen atoms in total. The summed E-state index contributed by atoms with van der Waals surface area (Å²) in [4.78, 5) is 23.4. The van der Waals surface area contributed by atoms with Gasteiger partial charge in [0, 0.05) is 21.8 Å². The standard InChI is InChI=1S/C18H14Br2O4/c19-15-7-3-1-5-11(15)9-13(17(21)22)14(18(23)24)10-12-6-2-4-8-16(12)20/h1-8H,9-10H2,(H,21,22)(H,23,24)/b14-13-. The van der Waals surface area contributed by atoms with E-state index in [1.165, 1.54) is 0 Å². The molecule has 6 heteroatoms. The van der Waals surface area contributed by atoms with Crippen LogP contribution in [-0.2, 0) is 22.4 Å². The third-order valence-electron chi connectivity index (χ3n) is 3.53. The summed E-state index contributed by atoms with van der Waals surface area (Å²) in [5, 5.41) is 19.1. The van der Waals surface area contributed by atoms with E-state index in [0.29, 0.717) is 0 Å². The first-order valence-electron chi connectivity index (χ1n) is 7.05. The van der Waals surface area contributed by atoms with Gasteiger partial charge in [0.2, 0.25) is 0 Å². The zero-order valence-electron chi connectivity index (χ0n) is 12.5. The number of aliphatic carboxylic acids is 2. The van der Waals surface area contributed by atoms with Gasteiger partial charge in [0.1, 0.15) is 0 Å². The van der Waals surface area contributed by atoms with E-state index in [1.54, 1.807) is 36.4 Å². The number of carboxylic acids is 2. The number of hydrogen-bond donors (Lipinski definition) is 2. The Morgan fingerprint density at radius 2 is 1.04 bits per heavy atom. The molecule has 124 valence electrons. The summed E-state index contributed by atoms with van der Waals surface area (Å²) >= 11 is 6.74. The Morgan fingerprint density at radius 3 is 1.33 bits per heavy atom. The molecule has 0 saturated carbocycles. The zero-order valence-corrected chi connectivity index (χ0v) is 15.7. The molecular weight excluding hydrogens is 440 g/mol. The second-order valence-corrected chi connectivity index (χ2v) is 6.81. The van der Waals surface area contributed by atoms with E-state index in [-0.39, 0.29) is 24.0 Å². The maximum atomic E-state index is 11.7. The molecule has 2 N–H and O–H groups in total. The number of hydrogen-bond acceptors (Lipinski definition) is 2. The van der Waals surface area contributed by atoms with Crippen molar-refractivity contribution in [2.45, 2.75) is 12.8 Å². The fourth-order valence-corrected chi connectivity index (χ4v) is 3.14. The number of benzene rings is 2. The SMILES string of the molecule is O=C(O)/C(Cc1ccccc1Br)=C(/Cc1ccccc1Br)C(=O)O. The average molecular weight is 454 g/mol. The highest BCUT2D eigenvalue weighted by molar-refractivity contribution is 9.10. The molecule has 0 aliphatic rings. The minimum Gasteiger partial charge on any atom is -0.478 e. The summed E-state index contributed by atoms with van der Waals surface area (Å²) in [6.07, 6.45) is 0.0612. The van der Waals surface area contributed by atoms with Gasteiger partial charge in [-0.3, -0.25) is 0 Å². The van der Waals surface area contributed by atoms with E-state index in [1.807, 2.05) is 12.1 Å². The van der Waals surface area contributed by atoms with Gasteiger partial charge in [0.25, 0.3) is 0 Å². The van der Waals surface area contributed by atoms with Gasteiger partial charge in [-0.1, -0.05) is 68.3 Å². The number of halogens is 2. The Kier molecular flexibility index (Phi) is 6.34. The molecule has 0 aliphatic carbocycles. The largest absolute Gasteiger partial charge is 0.478 e. The van der Waals surface area contributed by atoms with Gasteiger partial charge in [0.15, 0.2) is 0 Å². The molecule has 0 aliphatic heterocycles. The van der Waals surface area contributed by atoms with E-state index in [4.69, 9.17) is 0 Å². The highest BCUT2D eigenvalue weighted by Crippen LogP contribution is 2.25. The molecule has 0 spiro atoms. The molecular formula is C18H14Br2O4. The lowest BCUT2D eigenvalue weighted by molar-refractivity contribution is -0.136. The maximum absolute atomic E-state index is 11.7. The van der Waals surface area contributed by atoms with Crippen molar-refractivity contribution in [1.29, 1.82) is 0 Å². The molecule has 0 fully saturated rings. The van der Waals surface area contributed by atoms with Crippen LogP contribution in [0, 0.1) is 0 Å². The summed E-state index contributed by atoms with van der Waals surface area (Å²) in [6, 6.07) is 14.3. The lowest BCUT2D eigenvalue weighted by Gasteiger charge is -2.11. The van der Waals surface area contributed by atoms with E-state index in [0.717, 1.165) is 20.1 Å². The predicted molar refractivity (Wildman–Crippen MR) is 98.0 cm³/mol. The fourth-order valence-electron chi connectivity index (χ4n) is 2.29. The molecule has 2 aromatic carbocycles. The van der Waals surface area contributed by atoms with Crippen LogP contribution in [0.4, 0.5) is 0 Å². The molecule has 0 saturated heterocycles. The molecule has 0 aromatic heterocycles. The van der Waals surface area contributed by atoms with Gasteiger partial charge in [-0.05, 0) is 23.3 Å². The van der Waals surface area contributed by atoms with Crippen LogP contribution in [0.25, 0.3) is 0 Å². The Balaban J connectivity index is 2.48. The van der Waals surface area contributed by atoms with Crippen LogP contribution >= 0.6 is 31.9 Å². The Hall–Kier alpha value is -1.92. The second kappa shape index (κ2) is 8.26. The molecule has 0 bridgehead atoms.